The zero-order valence-corrected chi connectivity index (χ0v) is 19.0. The number of benzene rings is 2. The van der Waals surface area contributed by atoms with Crippen LogP contribution in [0.2, 0.25) is 0 Å². The molecule has 8 nitrogen and oxygen atoms in total. The third-order valence-corrected chi connectivity index (χ3v) is 4.75. The Kier molecular flexibility index (Phi) is 12.3. The van der Waals surface area contributed by atoms with Crippen molar-refractivity contribution in [2.24, 2.45) is 0 Å². The SMILES string of the molecule is COC(=O)C(CCCCNC(=O)COCc1ccccc1)NC(=O)COCc1ccccc1. The van der Waals surface area contributed by atoms with Crippen LogP contribution in [0.4, 0.5) is 0 Å². The van der Waals surface area contributed by atoms with Crippen LogP contribution >= 0.6 is 0 Å². The molecule has 1 unspecified atom stereocenters. The second kappa shape index (κ2) is 15.6. The minimum absolute atomic E-state index is 0.0152. The standard InChI is InChI=1S/C25H32N2O6/c1-31-25(30)22(27-24(29)19-33-17-21-12-6-3-7-13-21)14-8-9-15-26-23(28)18-32-16-20-10-4-2-5-11-20/h2-7,10-13,22H,8-9,14-19H2,1H3,(H,26,28)(H,27,29). The molecule has 0 aliphatic heterocycles. The fraction of sp³-hybridized carbons (Fsp3) is 0.400. The number of amides is 2. The molecule has 0 fully saturated rings. The van der Waals surface area contributed by atoms with Gasteiger partial charge in [-0.05, 0) is 30.4 Å². The second-order valence-corrected chi connectivity index (χ2v) is 7.45. The summed E-state index contributed by atoms with van der Waals surface area (Å²) < 4.78 is 15.6. The lowest BCUT2D eigenvalue weighted by molar-refractivity contribution is -0.146. The van der Waals surface area contributed by atoms with Gasteiger partial charge in [-0.1, -0.05) is 60.7 Å². The molecule has 0 saturated carbocycles. The topological polar surface area (TPSA) is 103 Å². The number of unbranched alkanes of at least 4 members (excludes halogenated alkanes) is 1. The average Bonchev–Trinajstić information content (AvgIpc) is 2.84. The van der Waals surface area contributed by atoms with Crippen molar-refractivity contribution in [3.05, 3.63) is 71.8 Å². The number of hydrogen-bond donors (Lipinski definition) is 2. The van der Waals surface area contributed by atoms with E-state index in [4.69, 9.17) is 14.2 Å². The number of ether oxygens (including phenoxy) is 3. The summed E-state index contributed by atoms with van der Waals surface area (Å²) in [5, 5.41) is 5.43. The highest BCUT2D eigenvalue weighted by molar-refractivity contribution is 5.85. The van der Waals surface area contributed by atoms with Crippen molar-refractivity contribution >= 4 is 17.8 Å². The van der Waals surface area contributed by atoms with Crippen molar-refractivity contribution in [1.82, 2.24) is 10.6 Å². The summed E-state index contributed by atoms with van der Waals surface area (Å²) in [4.78, 5) is 36.0. The molecule has 0 bridgehead atoms. The first-order chi connectivity index (χ1) is 16.1. The van der Waals surface area contributed by atoms with Crippen molar-refractivity contribution in [2.75, 3.05) is 26.9 Å². The summed E-state index contributed by atoms with van der Waals surface area (Å²) in [7, 11) is 1.28. The summed E-state index contributed by atoms with van der Waals surface area (Å²) >= 11 is 0. The third kappa shape index (κ3) is 11.3. The molecule has 2 amide bonds. The highest BCUT2D eigenvalue weighted by Gasteiger charge is 2.21. The first-order valence-electron chi connectivity index (χ1n) is 11.0. The van der Waals surface area contributed by atoms with E-state index in [1.54, 1.807) is 0 Å². The molecule has 0 heterocycles. The summed E-state index contributed by atoms with van der Waals surface area (Å²) in [6.07, 6.45) is 1.67. The van der Waals surface area contributed by atoms with Crippen LogP contribution in [0.25, 0.3) is 0 Å². The lowest BCUT2D eigenvalue weighted by Crippen LogP contribution is -2.43. The molecule has 2 aromatic carbocycles. The predicted molar refractivity (Wildman–Crippen MR) is 123 cm³/mol. The number of nitrogens with one attached hydrogen (secondary N) is 2. The van der Waals surface area contributed by atoms with Gasteiger partial charge >= 0.3 is 5.97 Å². The van der Waals surface area contributed by atoms with E-state index in [2.05, 4.69) is 10.6 Å². The van der Waals surface area contributed by atoms with Gasteiger partial charge in [0.05, 0.1) is 20.3 Å². The third-order valence-electron chi connectivity index (χ3n) is 4.75. The van der Waals surface area contributed by atoms with Gasteiger partial charge in [0.25, 0.3) is 0 Å². The maximum atomic E-state index is 12.1. The van der Waals surface area contributed by atoms with Crippen LogP contribution in [0.3, 0.4) is 0 Å². The number of hydrogen-bond acceptors (Lipinski definition) is 6. The second-order valence-electron chi connectivity index (χ2n) is 7.45. The Morgan fingerprint density at radius 1 is 0.788 bits per heavy atom. The predicted octanol–water partition coefficient (Wildman–Crippen LogP) is 2.36. The van der Waals surface area contributed by atoms with Crippen molar-refractivity contribution in [2.45, 2.75) is 38.5 Å². The van der Waals surface area contributed by atoms with Crippen molar-refractivity contribution in [3.8, 4) is 0 Å². The van der Waals surface area contributed by atoms with Crippen LogP contribution in [0.5, 0.6) is 0 Å². The summed E-state index contributed by atoms with van der Waals surface area (Å²) in [5.41, 5.74) is 1.97. The summed E-state index contributed by atoms with van der Waals surface area (Å²) in [6.45, 7) is 0.978. The quantitative estimate of drug-likeness (QED) is 0.315. The minimum atomic E-state index is -0.757. The molecule has 2 N–H and O–H groups in total. The normalized spacial score (nSPS) is 11.4. The van der Waals surface area contributed by atoms with E-state index in [1.807, 2.05) is 60.7 Å². The Bertz CT molecular complexity index is 844. The average molecular weight is 457 g/mol. The molecule has 0 radical (unpaired) electrons. The van der Waals surface area contributed by atoms with Gasteiger partial charge in [0.2, 0.25) is 11.8 Å². The molecule has 33 heavy (non-hydrogen) atoms. The van der Waals surface area contributed by atoms with E-state index in [1.165, 1.54) is 7.11 Å². The Morgan fingerprint density at radius 2 is 1.33 bits per heavy atom. The van der Waals surface area contributed by atoms with Crippen LogP contribution in [0.15, 0.2) is 60.7 Å². The number of esters is 1. The van der Waals surface area contributed by atoms with Gasteiger partial charge in [0, 0.05) is 6.54 Å². The van der Waals surface area contributed by atoms with Crippen LogP contribution in [0, 0.1) is 0 Å². The lowest BCUT2D eigenvalue weighted by Gasteiger charge is -2.16. The van der Waals surface area contributed by atoms with E-state index in [9.17, 15) is 14.4 Å². The van der Waals surface area contributed by atoms with Crippen LogP contribution in [-0.2, 0) is 41.8 Å². The highest BCUT2D eigenvalue weighted by atomic mass is 16.5. The molecule has 0 spiro atoms. The lowest BCUT2D eigenvalue weighted by atomic mass is 10.1. The number of methoxy groups -OCH3 is 1. The largest absolute Gasteiger partial charge is 0.467 e. The van der Waals surface area contributed by atoms with E-state index in [0.29, 0.717) is 39.0 Å². The highest BCUT2D eigenvalue weighted by Crippen LogP contribution is 2.04. The summed E-state index contributed by atoms with van der Waals surface area (Å²) in [5.74, 6) is -1.09. The Hall–Kier alpha value is -3.23. The first-order valence-corrected chi connectivity index (χ1v) is 11.0. The molecule has 2 rings (SSSR count). The fourth-order valence-corrected chi connectivity index (χ4v) is 3.05. The maximum Gasteiger partial charge on any atom is 0.328 e. The van der Waals surface area contributed by atoms with E-state index >= 15 is 0 Å². The van der Waals surface area contributed by atoms with Crippen molar-refractivity contribution < 1.29 is 28.6 Å². The Morgan fingerprint density at radius 3 is 1.88 bits per heavy atom. The molecule has 0 saturated heterocycles. The molecule has 0 aliphatic carbocycles. The maximum absolute atomic E-state index is 12.1. The number of carbonyl (C=O) groups is 3. The zero-order valence-electron chi connectivity index (χ0n) is 19.0. The smallest absolute Gasteiger partial charge is 0.328 e. The van der Waals surface area contributed by atoms with E-state index in [0.717, 1.165) is 11.1 Å². The zero-order chi connectivity index (χ0) is 23.7. The van der Waals surface area contributed by atoms with Crippen LogP contribution in [-0.4, -0.2) is 50.7 Å². The van der Waals surface area contributed by atoms with Gasteiger partial charge in [0.15, 0.2) is 0 Å². The molecule has 178 valence electrons. The molecular formula is C25H32N2O6. The van der Waals surface area contributed by atoms with Gasteiger partial charge in [-0.3, -0.25) is 9.59 Å². The molecular weight excluding hydrogens is 424 g/mol. The summed E-state index contributed by atoms with van der Waals surface area (Å²) in [6, 6.07) is 18.4. The van der Waals surface area contributed by atoms with Gasteiger partial charge in [-0.25, -0.2) is 4.79 Å². The minimum Gasteiger partial charge on any atom is -0.467 e. The van der Waals surface area contributed by atoms with E-state index < -0.39 is 12.0 Å². The van der Waals surface area contributed by atoms with Crippen molar-refractivity contribution in [3.63, 3.8) is 0 Å². The van der Waals surface area contributed by atoms with Crippen LogP contribution in [0.1, 0.15) is 30.4 Å². The Balaban J connectivity index is 1.58. The fourth-order valence-electron chi connectivity index (χ4n) is 3.05. The van der Waals surface area contributed by atoms with Gasteiger partial charge in [-0.15, -0.1) is 0 Å². The number of carbonyl (C=O) groups excluding carboxylic acids is 3. The molecule has 0 aromatic heterocycles. The Labute approximate surface area is 194 Å². The molecule has 0 aliphatic rings. The first kappa shape index (κ1) is 26.0. The number of rotatable bonds is 15. The molecule has 1 atom stereocenters. The van der Waals surface area contributed by atoms with Gasteiger partial charge < -0.3 is 24.8 Å². The molecule has 2 aromatic rings. The van der Waals surface area contributed by atoms with Gasteiger partial charge in [-0.2, -0.15) is 0 Å². The van der Waals surface area contributed by atoms with Crippen LogP contribution < -0.4 is 10.6 Å². The van der Waals surface area contributed by atoms with Gasteiger partial charge in [0.1, 0.15) is 19.3 Å². The van der Waals surface area contributed by atoms with Crippen molar-refractivity contribution in [1.29, 1.82) is 0 Å². The molecule has 8 heteroatoms. The van der Waals surface area contributed by atoms with E-state index in [-0.39, 0.29) is 25.0 Å². The monoisotopic (exact) mass is 456 g/mol.